The summed E-state index contributed by atoms with van der Waals surface area (Å²) in [5.74, 6) is 0.513. The van der Waals surface area contributed by atoms with Gasteiger partial charge in [-0.3, -0.25) is 4.79 Å². The molecule has 4 heterocycles. The van der Waals surface area contributed by atoms with E-state index in [9.17, 15) is 13.2 Å². The Kier molecular flexibility index (Phi) is 3.95. The molecule has 0 saturated carbocycles. The number of aryl methyl sites for hydroxylation is 1. The molecule has 1 spiro atoms. The fraction of sp³-hybridized carbons (Fsp3) is 0.269. The lowest BCUT2D eigenvalue weighted by Crippen LogP contribution is -2.49. The first-order valence-corrected chi connectivity index (χ1v) is 13.6. The number of aromatic nitrogens is 1. The average Bonchev–Trinajstić information content (AvgIpc) is 3.38. The molecule has 2 atom stereocenters. The molecule has 0 radical (unpaired) electrons. The van der Waals surface area contributed by atoms with Crippen molar-refractivity contribution >= 4 is 43.5 Å². The van der Waals surface area contributed by atoms with E-state index in [1.165, 1.54) is 15.7 Å². The molecule has 2 bridgehead atoms. The van der Waals surface area contributed by atoms with Crippen molar-refractivity contribution in [1.82, 2.24) is 3.97 Å². The van der Waals surface area contributed by atoms with Crippen LogP contribution in [-0.4, -0.2) is 37.2 Å². The van der Waals surface area contributed by atoms with Crippen molar-refractivity contribution in [2.24, 2.45) is 0 Å². The summed E-state index contributed by atoms with van der Waals surface area (Å²) in [6.45, 7) is 2.74. The van der Waals surface area contributed by atoms with E-state index in [0.29, 0.717) is 11.3 Å². The van der Waals surface area contributed by atoms with E-state index in [1.807, 2.05) is 25.1 Å². The quantitative estimate of drug-likeness (QED) is 0.546. The van der Waals surface area contributed by atoms with Crippen LogP contribution in [0.15, 0.2) is 65.2 Å². The Balaban J connectivity index is 1.56. The van der Waals surface area contributed by atoms with Crippen molar-refractivity contribution in [2.75, 3.05) is 18.6 Å². The van der Waals surface area contributed by atoms with Crippen molar-refractivity contribution in [3.05, 3.63) is 77.0 Å². The van der Waals surface area contributed by atoms with Gasteiger partial charge in [-0.1, -0.05) is 41.6 Å². The van der Waals surface area contributed by atoms with Gasteiger partial charge in [-0.25, -0.2) is 12.4 Å². The van der Waals surface area contributed by atoms with E-state index in [2.05, 4.69) is 17.1 Å². The predicted octanol–water partition coefficient (Wildman–Crippen LogP) is 4.30. The molecule has 1 aliphatic carbocycles. The van der Waals surface area contributed by atoms with Crippen LogP contribution < -0.4 is 9.64 Å². The minimum atomic E-state index is -3.83. The highest BCUT2D eigenvalue weighted by Gasteiger charge is 2.53. The molecule has 8 heteroatoms. The maximum absolute atomic E-state index is 13.8. The third-order valence-corrected chi connectivity index (χ3v) is 10.6. The number of carbonyl (C=O) groups is 1. The van der Waals surface area contributed by atoms with Gasteiger partial charge in [0.05, 0.1) is 22.4 Å². The minimum absolute atomic E-state index is 0.0653. The highest BCUT2D eigenvalue weighted by atomic mass is 32.2. The lowest BCUT2D eigenvalue weighted by atomic mass is 9.74. The zero-order chi connectivity index (χ0) is 23.4. The van der Waals surface area contributed by atoms with Crippen molar-refractivity contribution < 1.29 is 17.9 Å². The molecule has 0 fully saturated rings. The van der Waals surface area contributed by atoms with Crippen LogP contribution in [0.3, 0.4) is 0 Å². The number of fused-ring (bicyclic) bond motifs is 2. The lowest BCUT2D eigenvalue weighted by molar-refractivity contribution is -0.106. The minimum Gasteiger partial charge on any atom is -0.494 e. The first-order chi connectivity index (χ1) is 16.3. The fourth-order valence-corrected chi connectivity index (χ4v) is 8.73. The van der Waals surface area contributed by atoms with Crippen LogP contribution in [0.25, 0.3) is 10.9 Å². The predicted molar refractivity (Wildman–Crippen MR) is 133 cm³/mol. The van der Waals surface area contributed by atoms with Gasteiger partial charge in [-0.15, -0.1) is 0 Å². The summed E-state index contributed by atoms with van der Waals surface area (Å²) in [5, 5.41) is 0.991. The molecular weight excluding hydrogens is 468 g/mol. The van der Waals surface area contributed by atoms with Gasteiger partial charge in [0.1, 0.15) is 11.3 Å². The van der Waals surface area contributed by atoms with Crippen LogP contribution in [-0.2, 0) is 26.0 Å². The third-order valence-electron chi connectivity index (χ3n) is 7.60. The Morgan fingerprint density at radius 2 is 2.00 bits per heavy atom. The van der Waals surface area contributed by atoms with Gasteiger partial charge in [0.25, 0.3) is 10.0 Å². The second-order valence-corrected chi connectivity index (χ2v) is 12.5. The number of allylic oxidation sites excluding steroid dienone is 1. The van der Waals surface area contributed by atoms with Gasteiger partial charge in [0.2, 0.25) is 5.12 Å². The third kappa shape index (κ3) is 2.42. The summed E-state index contributed by atoms with van der Waals surface area (Å²) in [4.78, 5) is 15.2. The van der Waals surface area contributed by atoms with Gasteiger partial charge < -0.3 is 9.64 Å². The van der Waals surface area contributed by atoms with Crippen LogP contribution in [0.4, 0.5) is 5.69 Å². The summed E-state index contributed by atoms with van der Waals surface area (Å²) < 4.78 is 34.3. The molecule has 3 aliphatic heterocycles. The van der Waals surface area contributed by atoms with Gasteiger partial charge in [0.15, 0.2) is 0 Å². The highest BCUT2D eigenvalue weighted by molar-refractivity contribution is 8.15. The number of thioether (sulfide) groups is 1. The maximum atomic E-state index is 13.8. The van der Waals surface area contributed by atoms with E-state index in [1.54, 1.807) is 31.5 Å². The van der Waals surface area contributed by atoms with E-state index >= 15 is 0 Å². The molecule has 0 amide bonds. The number of ether oxygens (including phenoxy) is 1. The Bertz CT molecular complexity index is 1600. The van der Waals surface area contributed by atoms with Crippen LogP contribution in [0.5, 0.6) is 5.75 Å². The summed E-state index contributed by atoms with van der Waals surface area (Å²) >= 11 is 1.37. The summed E-state index contributed by atoms with van der Waals surface area (Å²) in [7, 11) is -2.25. The molecule has 0 N–H and O–H groups in total. The Hall–Kier alpha value is -2.97. The maximum Gasteiger partial charge on any atom is 0.268 e. The smallest absolute Gasteiger partial charge is 0.268 e. The number of hydrogen-bond donors (Lipinski definition) is 0. The summed E-state index contributed by atoms with van der Waals surface area (Å²) in [6, 6.07) is 9.07. The van der Waals surface area contributed by atoms with Crippen molar-refractivity contribution in [3.63, 3.8) is 0 Å². The SMILES string of the molecule is COc1cc2c3c4c(cn(S(=O)(=O)c5ccc(C)cc5)c14)CCN3[C@H]1C=CC3=CC(=O)S[C@]32C1. The molecule has 3 aromatic rings. The number of methoxy groups -OCH3 is 1. The Morgan fingerprint density at radius 1 is 1.21 bits per heavy atom. The van der Waals surface area contributed by atoms with Gasteiger partial charge in [-0.05, 0) is 55.2 Å². The molecule has 6 nitrogen and oxygen atoms in total. The number of nitrogens with zero attached hydrogens (tertiary/aromatic N) is 2. The highest BCUT2D eigenvalue weighted by Crippen LogP contribution is 2.62. The van der Waals surface area contributed by atoms with Crippen LogP contribution in [0, 0.1) is 6.92 Å². The molecule has 1 aromatic heterocycles. The van der Waals surface area contributed by atoms with Gasteiger partial charge >= 0.3 is 0 Å². The number of rotatable bonds is 3. The number of hydrogen-bond acceptors (Lipinski definition) is 6. The van der Waals surface area contributed by atoms with E-state index in [-0.39, 0.29) is 16.1 Å². The number of benzene rings is 2. The molecular formula is C26H22N2O4S2. The molecule has 0 unspecified atom stereocenters. The molecule has 0 saturated heterocycles. The van der Waals surface area contributed by atoms with E-state index in [0.717, 1.165) is 52.7 Å². The van der Waals surface area contributed by atoms with Crippen LogP contribution >= 0.6 is 11.8 Å². The zero-order valence-electron chi connectivity index (χ0n) is 18.7. The Labute approximate surface area is 201 Å². The van der Waals surface area contributed by atoms with E-state index < -0.39 is 14.8 Å². The van der Waals surface area contributed by atoms with Crippen molar-refractivity contribution in [2.45, 2.75) is 35.4 Å². The van der Waals surface area contributed by atoms with Crippen molar-refractivity contribution in [3.8, 4) is 5.75 Å². The first-order valence-electron chi connectivity index (χ1n) is 11.3. The van der Waals surface area contributed by atoms with Gasteiger partial charge in [0, 0.05) is 29.7 Å². The molecule has 172 valence electrons. The number of anilines is 1. The molecule has 2 aromatic carbocycles. The summed E-state index contributed by atoms with van der Waals surface area (Å²) in [6.07, 6.45) is 9.36. The normalized spacial score (nSPS) is 24.4. The average molecular weight is 491 g/mol. The lowest BCUT2D eigenvalue weighted by Gasteiger charge is -2.50. The summed E-state index contributed by atoms with van der Waals surface area (Å²) in [5.41, 5.74) is 5.69. The number of carbonyl (C=O) groups excluding carboxylic acids is 1. The standard InChI is InChI=1S/C26H22N2O4S2/c1-15-3-7-19(8-4-15)34(30,31)28-14-16-9-10-27-18-6-5-17-11-22(29)33-26(17,13-18)20-12-21(32-2)25(28)23(16)24(20)27/h3-8,11-12,14,18H,9-10,13H2,1-2H3/t18-,26+/m0/s1. The largest absolute Gasteiger partial charge is 0.494 e. The second-order valence-electron chi connectivity index (χ2n) is 9.39. The topological polar surface area (TPSA) is 68.6 Å². The molecule has 34 heavy (non-hydrogen) atoms. The van der Waals surface area contributed by atoms with Crippen LogP contribution in [0.2, 0.25) is 0 Å². The molecule has 4 aliphatic rings. The van der Waals surface area contributed by atoms with Crippen molar-refractivity contribution in [1.29, 1.82) is 0 Å². The Morgan fingerprint density at radius 3 is 2.76 bits per heavy atom. The molecule has 7 rings (SSSR count). The van der Waals surface area contributed by atoms with Gasteiger partial charge in [-0.2, -0.15) is 0 Å². The fourth-order valence-electron chi connectivity index (χ4n) is 6.04. The van der Waals surface area contributed by atoms with E-state index in [4.69, 9.17) is 4.74 Å². The monoisotopic (exact) mass is 490 g/mol. The first kappa shape index (κ1) is 20.4. The second kappa shape index (κ2) is 6.58. The van der Waals surface area contributed by atoms with Crippen LogP contribution in [0.1, 0.15) is 23.1 Å². The zero-order valence-corrected chi connectivity index (χ0v) is 20.4.